The molecule has 128 valence electrons. The first-order valence-corrected chi connectivity index (χ1v) is 8.35. The second-order valence-electron chi connectivity index (χ2n) is 5.33. The molecule has 1 amide bonds. The molecule has 0 saturated carbocycles. The average Bonchev–Trinajstić information content (AvgIpc) is 2.52. The summed E-state index contributed by atoms with van der Waals surface area (Å²) in [6, 6.07) is 10.2. The molecular weight excluding hydrogens is 381 g/mol. The number of amides is 1. The highest BCUT2D eigenvalue weighted by atomic mass is 35.5. The molecule has 25 heavy (non-hydrogen) atoms. The van der Waals surface area contributed by atoms with Crippen LogP contribution in [0.15, 0.2) is 42.1 Å². The van der Waals surface area contributed by atoms with Crippen LogP contribution in [0.1, 0.15) is 11.1 Å². The maximum Gasteiger partial charge on any atom is 0.267 e. The molecule has 2 aromatic rings. The fourth-order valence-electron chi connectivity index (χ4n) is 2.17. The van der Waals surface area contributed by atoms with E-state index in [4.69, 9.17) is 34.8 Å². The Kier molecular flexibility index (Phi) is 6.33. The van der Waals surface area contributed by atoms with Gasteiger partial charge in [-0.2, -0.15) is 5.26 Å². The van der Waals surface area contributed by atoms with Gasteiger partial charge in [-0.05, 0) is 49.2 Å². The first-order chi connectivity index (χ1) is 11.8. The molecule has 0 atom stereocenters. The number of nitriles is 1. The van der Waals surface area contributed by atoms with Crippen LogP contribution in [0.4, 0.5) is 11.4 Å². The largest absolute Gasteiger partial charge is 0.359 e. The Morgan fingerprint density at radius 3 is 2.44 bits per heavy atom. The van der Waals surface area contributed by atoms with Crippen molar-refractivity contribution in [1.29, 1.82) is 5.26 Å². The zero-order valence-corrected chi connectivity index (χ0v) is 15.7. The van der Waals surface area contributed by atoms with E-state index in [1.807, 2.05) is 26.0 Å². The van der Waals surface area contributed by atoms with Gasteiger partial charge in [0.05, 0.1) is 21.4 Å². The SMILES string of the molecule is Cc1cc(C)c(N/C=C(/C#N)C(=O)Nc2ccc(Cl)cc2Cl)c(Cl)c1. The average molecular weight is 395 g/mol. The Morgan fingerprint density at radius 1 is 1.12 bits per heavy atom. The highest BCUT2D eigenvalue weighted by molar-refractivity contribution is 6.37. The van der Waals surface area contributed by atoms with Crippen molar-refractivity contribution in [3.63, 3.8) is 0 Å². The van der Waals surface area contributed by atoms with Gasteiger partial charge in [-0.1, -0.05) is 40.9 Å². The van der Waals surface area contributed by atoms with Crippen LogP contribution in [0.3, 0.4) is 0 Å². The number of benzene rings is 2. The van der Waals surface area contributed by atoms with Crippen molar-refractivity contribution in [2.75, 3.05) is 10.6 Å². The van der Waals surface area contributed by atoms with Crippen molar-refractivity contribution >= 4 is 52.1 Å². The summed E-state index contributed by atoms with van der Waals surface area (Å²) in [7, 11) is 0. The van der Waals surface area contributed by atoms with Gasteiger partial charge < -0.3 is 10.6 Å². The molecule has 4 nitrogen and oxygen atoms in total. The van der Waals surface area contributed by atoms with Gasteiger partial charge in [0, 0.05) is 11.2 Å². The van der Waals surface area contributed by atoms with Crippen LogP contribution in [0.2, 0.25) is 15.1 Å². The number of aryl methyl sites for hydroxylation is 2. The monoisotopic (exact) mass is 393 g/mol. The van der Waals surface area contributed by atoms with E-state index in [1.54, 1.807) is 18.2 Å². The predicted octanol–water partition coefficient (Wildman–Crippen LogP) is 5.72. The van der Waals surface area contributed by atoms with E-state index in [9.17, 15) is 10.1 Å². The van der Waals surface area contributed by atoms with Crippen LogP contribution >= 0.6 is 34.8 Å². The quantitative estimate of drug-likeness (QED) is 0.514. The van der Waals surface area contributed by atoms with Gasteiger partial charge in [-0.25, -0.2) is 0 Å². The number of hydrogen-bond acceptors (Lipinski definition) is 3. The summed E-state index contributed by atoms with van der Waals surface area (Å²) in [5, 5.41) is 16.0. The van der Waals surface area contributed by atoms with Gasteiger partial charge in [0.2, 0.25) is 0 Å². The molecule has 0 saturated heterocycles. The Hall–Kier alpha value is -2.19. The molecule has 0 aromatic heterocycles. The predicted molar refractivity (Wildman–Crippen MR) is 103 cm³/mol. The third kappa shape index (κ3) is 4.90. The normalized spacial score (nSPS) is 11.0. The van der Waals surface area contributed by atoms with Gasteiger partial charge in [0.1, 0.15) is 11.6 Å². The zero-order valence-electron chi connectivity index (χ0n) is 13.5. The van der Waals surface area contributed by atoms with E-state index >= 15 is 0 Å². The van der Waals surface area contributed by atoms with E-state index in [-0.39, 0.29) is 10.6 Å². The Labute approximate surface area is 161 Å². The summed E-state index contributed by atoms with van der Waals surface area (Å²) in [5.41, 5.74) is 2.80. The summed E-state index contributed by atoms with van der Waals surface area (Å²) >= 11 is 18.0. The Balaban J connectivity index is 2.20. The minimum absolute atomic E-state index is 0.123. The lowest BCUT2D eigenvalue weighted by atomic mass is 10.1. The lowest BCUT2D eigenvalue weighted by Crippen LogP contribution is -2.15. The van der Waals surface area contributed by atoms with Gasteiger partial charge in [-0.3, -0.25) is 4.79 Å². The van der Waals surface area contributed by atoms with E-state index in [2.05, 4.69) is 10.6 Å². The number of hydrogen-bond donors (Lipinski definition) is 2. The van der Waals surface area contributed by atoms with Gasteiger partial charge in [0.25, 0.3) is 5.91 Å². The number of anilines is 2. The smallest absolute Gasteiger partial charge is 0.267 e. The number of nitrogens with one attached hydrogen (secondary N) is 2. The van der Waals surface area contributed by atoms with Crippen LogP contribution in [-0.2, 0) is 4.79 Å². The summed E-state index contributed by atoms with van der Waals surface area (Å²) in [5.74, 6) is -0.597. The Bertz CT molecular complexity index is 878. The van der Waals surface area contributed by atoms with E-state index in [0.717, 1.165) is 11.1 Å². The van der Waals surface area contributed by atoms with Crippen molar-refractivity contribution in [3.8, 4) is 6.07 Å². The minimum Gasteiger partial charge on any atom is -0.359 e. The number of nitrogens with zero attached hydrogens (tertiary/aromatic N) is 1. The number of carbonyl (C=O) groups excluding carboxylic acids is 1. The highest BCUT2D eigenvalue weighted by Gasteiger charge is 2.12. The fraction of sp³-hybridized carbons (Fsp3) is 0.111. The number of rotatable bonds is 4. The van der Waals surface area contributed by atoms with Crippen LogP contribution in [-0.4, -0.2) is 5.91 Å². The lowest BCUT2D eigenvalue weighted by Gasteiger charge is -2.10. The molecule has 2 N–H and O–H groups in total. The third-order valence-corrected chi connectivity index (χ3v) is 4.18. The molecule has 0 aliphatic rings. The van der Waals surface area contributed by atoms with E-state index in [0.29, 0.717) is 21.4 Å². The van der Waals surface area contributed by atoms with E-state index < -0.39 is 5.91 Å². The second kappa shape index (κ2) is 8.26. The second-order valence-corrected chi connectivity index (χ2v) is 6.58. The van der Waals surface area contributed by atoms with Crippen LogP contribution in [0.5, 0.6) is 0 Å². The standard InChI is InChI=1S/C18H14Cl3N3O/c1-10-5-11(2)17(15(21)6-10)23-9-12(8-22)18(25)24-16-4-3-13(19)7-14(16)20/h3-7,9,23H,1-2H3,(H,24,25)/b12-9-. The molecule has 0 unspecified atom stereocenters. The van der Waals surface area contributed by atoms with Crippen LogP contribution in [0.25, 0.3) is 0 Å². The highest BCUT2D eigenvalue weighted by Crippen LogP contribution is 2.28. The minimum atomic E-state index is -0.597. The maximum absolute atomic E-state index is 12.3. The summed E-state index contributed by atoms with van der Waals surface area (Å²) in [6.45, 7) is 3.82. The molecule has 0 bridgehead atoms. The van der Waals surface area contributed by atoms with Gasteiger partial charge in [0.15, 0.2) is 0 Å². The molecule has 0 aliphatic heterocycles. The van der Waals surface area contributed by atoms with Crippen LogP contribution in [0, 0.1) is 25.2 Å². The lowest BCUT2D eigenvalue weighted by molar-refractivity contribution is -0.112. The van der Waals surface area contributed by atoms with Gasteiger partial charge in [-0.15, -0.1) is 0 Å². The Morgan fingerprint density at radius 2 is 1.84 bits per heavy atom. The van der Waals surface area contributed by atoms with Gasteiger partial charge >= 0.3 is 0 Å². The molecule has 2 aromatic carbocycles. The first-order valence-electron chi connectivity index (χ1n) is 7.21. The van der Waals surface area contributed by atoms with Crippen molar-refractivity contribution in [2.24, 2.45) is 0 Å². The fourth-order valence-corrected chi connectivity index (χ4v) is 3.00. The molecule has 2 rings (SSSR count). The maximum atomic E-state index is 12.3. The zero-order chi connectivity index (χ0) is 18.6. The van der Waals surface area contributed by atoms with Crippen LogP contribution < -0.4 is 10.6 Å². The number of halogens is 3. The number of carbonyl (C=O) groups is 1. The molecular formula is C18H14Cl3N3O. The van der Waals surface area contributed by atoms with Crippen molar-refractivity contribution in [2.45, 2.75) is 13.8 Å². The summed E-state index contributed by atoms with van der Waals surface area (Å²) in [6.07, 6.45) is 1.31. The first kappa shape index (κ1) is 19.1. The van der Waals surface area contributed by atoms with Crippen molar-refractivity contribution < 1.29 is 4.79 Å². The summed E-state index contributed by atoms with van der Waals surface area (Å²) < 4.78 is 0. The topological polar surface area (TPSA) is 64.9 Å². The molecule has 0 radical (unpaired) electrons. The third-order valence-electron chi connectivity index (χ3n) is 3.34. The van der Waals surface area contributed by atoms with E-state index in [1.165, 1.54) is 12.3 Å². The molecule has 7 heteroatoms. The van der Waals surface area contributed by atoms with Crippen molar-refractivity contribution in [3.05, 3.63) is 68.3 Å². The molecule has 0 spiro atoms. The van der Waals surface area contributed by atoms with Crippen molar-refractivity contribution in [1.82, 2.24) is 0 Å². The molecule has 0 aliphatic carbocycles. The molecule has 0 heterocycles. The molecule has 0 fully saturated rings. The summed E-state index contributed by atoms with van der Waals surface area (Å²) in [4.78, 5) is 12.3.